The fourth-order valence-corrected chi connectivity index (χ4v) is 1.41. The molecule has 0 saturated carbocycles. The second kappa shape index (κ2) is 1.92. The second-order valence-electron chi connectivity index (χ2n) is 1.67. The van der Waals surface area contributed by atoms with Crippen molar-refractivity contribution in [1.82, 2.24) is 4.98 Å². The van der Waals surface area contributed by atoms with Gasteiger partial charge in [0.25, 0.3) is 0 Å². The van der Waals surface area contributed by atoms with Gasteiger partial charge in [0, 0.05) is 0 Å². The molecular weight excluding hydrogens is 134 g/mol. The first kappa shape index (κ1) is 5.11. The summed E-state index contributed by atoms with van der Waals surface area (Å²) in [5.74, 6) is 1.60. The van der Waals surface area contributed by atoms with Crippen LogP contribution in [0.3, 0.4) is 0 Å². The third kappa shape index (κ3) is 0.772. The van der Waals surface area contributed by atoms with Crippen LogP contribution in [-0.4, -0.2) is 10.9 Å². The van der Waals surface area contributed by atoms with Crippen LogP contribution in [0.25, 0.3) is 0 Å². The number of rotatable bonds is 0. The average molecular weight is 138 g/mol. The summed E-state index contributed by atoms with van der Waals surface area (Å²) in [6.45, 7) is 0. The molecule has 0 bridgehead atoms. The largest absolute Gasteiger partial charge is 0.480 e. The zero-order chi connectivity index (χ0) is 6.10. The van der Waals surface area contributed by atoms with Crippen molar-refractivity contribution >= 4 is 11.8 Å². The molecule has 1 aliphatic rings. The maximum absolute atomic E-state index is 5.18. The topological polar surface area (TPSA) is 22.1 Å². The Morgan fingerprint density at radius 3 is 3.67 bits per heavy atom. The molecule has 2 heterocycles. The van der Waals surface area contributed by atoms with Gasteiger partial charge in [0.1, 0.15) is 5.94 Å². The minimum absolute atomic E-state index is 0.717. The van der Waals surface area contributed by atoms with Crippen molar-refractivity contribution in [2.75, 3.05) is 5.94 Å². The van der Waals surface area contributed by atoms with Gasteiger partial charge in [-0.15, -0.1) is 0 Å². The lowest BCUT2D eigenvalue weighted by Gasteiger charge is -1.90. The van der Waals surface area contributed by atoms with E-state index in [4.69, 9.17) is 4.74 Å². The number of pyridine rings is 1. The first-order chi connectivity index (χ1) is 4.47. The molecule has 0 N–H and O–H groups in total. The third-order valence-electron chi connectivity index (χ3n) is 1.12. The molecule has 0 aliphatic carbocycles. The van der Waals surface area contributed by atoms with E-state index in [1.165, 1.54) is 0 Å². The maximum Gasteiger partial charge on any atom is 0.152 e. The summed E-state index contributed by atoms with van der Waals surface area (Å²) in [5.41, 5.74) is 0. The Hall–Kier alpha value is -0.700. The number of hydrogen-bond donors (Lipinski definition) is 0. The molecule has 0 unspecified atom stereocenters. The molecule has 1 aliphatic heterocycles. The molecule has 0 fully saturated rings. The van der Waals surface area contributed by atoms with E-state index in [2.05, 4.69) is 11.2 Å². The van der Waals surface area contributed by atoms with Crippen molar-refractivity contribution in [2.24, 2.45) is 0 Å². The molecule has 0 amide bonds. The number of thioether (sulfide) groups is 1. The van der Waals surface area contributed by atoms with Crippen molar-refractivity contribution < 1.29 is 4.74 Å². The molecule has 45 valence electrons. The van der Waals surface area contributed by atoms with Crippen LogP contribution in [0.2, 0.25) is 0 Å². The minimum atomic E-state index is 0.717. The van der Waals surface area contributed by atoms with E-state index < -0.39 is 0 Å². The smallest absolute Gasteiger partial charge is 0.152 e. The molecule has 1 aromatic rings. The first-order valence-corrected chi connectivity index (χ1v) is 3.57. The molecule has 0 saturated heterocycles. The van der Waals surface area contributed by atoms with Gasteiger partial charge >= 0.3 is 0 Å². The van der Waals surface area contributed by atoms with Crippen molar-refractivity contribution in [3.63, 3.8) is 0 Å². The number of ether oxygens (including phenoxy) is 1. The predicted octanol–water partition coefficient (Wildman–Crippen LogP) is 1.32. The molecule has 1 aromatic heterocycles. The molecule has 3 heteroatoms. The van der Waals surface area contributed by atoms with Crippen LogP contribution in [0, 0.1) is 6.20 Å². The lowest BCUT2D eigenvalue weighted by Crippen LogP contribution is -1.82. The highest BCUT2D eigenvalue weighted by Gasteiger charge is 2.10. The van der Waals surface area contributed by atoms with Crippen LogP contribution in [0.1, 0.15) is 0 Å². The van der Waals surface area contributed by atoms with Gasteiger partial charge in [-0.3, -0.25) is 4.98 Å². The van der Waals surface area contributed by atoms with Gasteiger partial charge < -0.3 is 4.74 Å². The molecule has 2 nitrogen and oxygen atoms in total. The standard InChI is InChI=1S/C6H4NOS/c1-2-7-3-5-6(1)9-4-8-5/h1,3H,4H2. The van der Waals surface area contributed by atoms with Crippen LogP contribution in [0.5, 0.6) is 5.75 Å². The highest BCUT2D eigenvalue weighted by molar-refractivity contribution is 7.99. The van der Waals surface area contributed by atoms with Crippen LogP contribution in [-0.2, 0) is 0 Å². The molecule has 0 spiro atoms. The second-order valence-corrected chi connectivity index (χ2v) is 2.63. The summed E-state index contributed by atoms with van der Waals surface area (Å²) in [5, 5.41) is 0. The van der Waals surface area contributed by atoms with E-state index in [9.17, 15) is 0 Å². The van der Waals surface area contributed by atoms with E-state index in [-0.39, 0.29) is 0 Å². The van der Waals surface area contributed by atoms with Gasteiger partial charge in [-0.2, -0.15) is 0 Å². The van der Waals surface area contributed by atoms with Crippen LogP contribution in [0.15, 0.2) is 17.2 Å². The van der Waals surface area contributed by atoms with E-state index in [0.29, 0.717) is 0 Å². The fourth-order valence-electron chi connectivity index (χ4n) is 0.704. The highest BCUT2D eigenvalue weighted by atomic mass is 32.2. The third-order valence-corrected chi connectivity index (χ3v) is 1.99. The predicted molar refractivity (Wildman–Crippen MR) is 34.4 cm³/mol. The molecule has 9 heavy (non-hydrogen) atoms. The summed E-state index contributed by atoms with van der Waals surface area (Å²) >= 11 is 1.67. The van der Waals surface area contributed by atoms with Crippen LogP contribution < -0.4 is 4.74 Å². The molecule has 0 aromatic carbocycles. The normalized spacial score (nSPS) is 14.7. The summed E-state index contributed by atoms with van der Waals surface area (Å²) in [7, 11) is 0. The quantitative estimate of drug-likeness (QED) is 0.540. The van der Waals surface area contributed by atoms with E-state index in [1.807, 2.05) is 6.07 Å². The van der Waals surface area contributed by atoms with Crippen molar-refractivity contribution in [3.05, 3.63) is 18.5 Å². The molecule has 1 radical (unpaired) electrons. The Labute approximate surface area is 57.2 Å². The lowest BCUT2D eigenvalue weighted by molar-refractivity contribution is 0.395. The Kier molecular flexibility index (Phi) is 1.09. The Morgan fingerprint density at radius 2 is 2.78 bits per heavy atom. The SMILES string of the molecule is [c]1cc2c(cn1)OCS2. The van der Waals surface area contributed by atoms with Gasteiger partial charge in [-0.25, -0.2) is 0 Å². The van der Waals surface area contributed by atoms with Crippen molar-refractivity contribution in [2.45, 2.75) is 4.90 Å². The van der Waals surface area contributed by atoms with Gasteiger partial charge in [-0.05, 0) is 6.07 Å². The summed E-state index contributed by atoms with van der Waals surface area (Å²) in [4.78, 5) is 4.94. The highest BCUT2D eigenvalue weighted by Crippen LogP contribution is 2.34. The first-order valence-electron chi connectivity index (χ1n) is 2.58. The zero-order valence-electron chi connectivity index (χ0n) is 4.63. The maximum atomic E-state index is 5.18. The number of hydrogen-bond acceptors (Lipinski definition) is 3. The Morgan fingerprint density at radius 1 is 1.78 bits per heavy atom. The Balaban J connectivity index is 2.54. The van der Waals surface area contributed by atoms with E-state index >= 15 is 0 Å². The van der Waals surface area contributed by atoms with Gasteiger partial charge in [0.15, 0.2) is 5.75 Å². The van der Waals surface area contributed by atoms with Crippen molar-refractivity contribution in [1.29, 1.82) is 0 Å². The number of fused-ring (bicyclic) bond motifs is 1. The molecule has 0 atom stereocenters. The summed E-state index contributed by atoms with van der Waals surface area (Å²) in [6.07, 6.45) is 4.43. The summed E-state index contributed by atoms with van der Waals surface area (Å²) in [6, 6.07) is 1.84. The van der Waals surface area contributed by atoms with E-state index in [0.717, 1.165) is 16.6 Å². The Bertz CT molecular complexity index is 203. The molecular formula is C6H4NOS. The monoisotopic (exact) mass is 138 g/mol. The van der Waals surface area contributed by atoms with Crippen LogP contribution in [0.4, 0.5) is 0 Å². The zero-order valence-corrected chi connectivity index (χ0v) is 5.44. The van der Waals surface area contributed by atoms with Crippen LogP contribution >= 0.6 is 11.8 Å². The lowest BCUT2D eigenvalue weighted by atomic mass is 10.5. The summed E-state index contributed by atoms with van der Waals surface area (Å²) < 4.78 is 5.18. The van der Waals surface area contributed by atoms with Crippen molar-refractivity contribution in [3.8, 4) is 5.75 Å². The minimum Gasteiger partial charge on any atom is -0.480 e. The van der Waals surface area contributed by atoms with Gasteiger partial charge in [-0.1, -0.05) is 11.8 Å². The van der Waals surface area contributed by atoms with Gasteiger partial charge in [0.05, 0.1) is 17.3 Å². The number of aromatic nitrogens is 1. The van der Waals surface area contributed by atoms with E-state index in [1.54, 1.807) is 18.0 Å². The number of nitrogens with zero attached hydrogens (tertiary/aromatic N) is 1. The molecule has 2 rings (SSSR count). The fraction of sp³-hybridized carbons (Fsp3) is 0.167. The van der Waals surface area contributed by atoms with Gasteiger partial charge in [0.2, 0.25) is 0 Å². The average Bonchev–Trinajstić information content (AvgIpc) is 2.33.